The molecule has 2 fully saturated rings. The van der Waals surface area contributed by atoms with E-state index in [2.05, 4.69) is 12.2 Å². The summed E-state index contributed by atoms with van der Waals surface area (Å²) in [5, 5.41) is 3.03. The maximum atomic E-state index is 11.6. The Morgan fingerprint density at radius 3 is 2.46 bits per heavy atom. The van der Waals surface area contributed by atoms with Crippen LogP contribution in [0, 0.1) is 11.8 Å². The molecule has 74 valence electrons. The summed E-state index contributed by atoms with van der Waals surface area (Å²) in [6.07, 6.45) is 7.69. The second-order valence-electron chi connectivity index (χ2n) is 4.65. The van der Waals surface area contributed by atoms with Crippen molar-refractivity contribution in [2.45, 2.75) is 51.5 Å². The Kier molecular flexibility index (Phi) is 2.56. The van der Waals surface area contributed by atoms with Crippen LogP contribution in [0.2, 0.25) is 0 Å². The molecule has 1 N–H and O–H groups in total. The fourth-order valence-corrected chi connectivity index (χ4v) is 2.84. The summed E-state index contributed by atoms with van der Waals surface area (Å²) in [7, 11) is 0. The molecule has 1 saturated carbocycles. The van der Waals surface area contributed by atoms with E-state index in [1.165, 1.54) is 32.1 Å². The van der Waals surface area contributed by atoms with Crippen molar-refractivity contribution < 1.29 is 4.79 Å². The maximum Gasteiger partial charge on any atom is 0.223 e. The molecular weight excluding hydrogens is 162 g/mol. The van der Waals surface area contributed by atoms with Crippen LogP contribution in [-0.2, 0) is 4.79 Å². The monoisotopic (exact) mass is 181 g/mol. The molecule has 0 radical (unpaired) electrons. The van der Waals surface area contributed by atoms with E-state index >= 15 is 0 Å². The van der Waals surface area contributed by atoms with E-state index in [4.69, 9.17) is 0 Å². The lowest BCUT2D eigenvalue weighted by Crippen LogP contribution is -2.27. The van der Waals surface area contributed by atoms with Crippen molar-refractivity contribution in [1.82, 2.24) is 5.32 Å². The summed E-state index contributed by atoms with van der Waals surface area (Å²) in [5.74, 6) is 1.36. The maximum absolute atomic E-state index is 11.6. The van der Waals surface area contributed by atoms with Crippen LogP contribution in [0.15, 0.2) is 0 Å². The molecule has 2 rings (SSSR count). The fourth-order valence-electron chi connectivity index (χ4n) is 2.84. The smallest absolute Gasteiger partial charge is 0.223 e. The second-order valence-corrected chi connectivity index (χ2v) is 4.65. The molecule has 2 unspecified atom stereocenters. The van der Waals surface area contributed by atoms with Gasteiger partial charge in [-0.3, -0.25) is 4.79 Å². The molecule has 0 aromatic carbocycles. The lowest BCUT2D eigenvalue weighted by atomic mass is 9.79. The fraction of sp³-hybridized carbons (Fsp3) is 0.909. The highest BCUT2D eigenvalue weighted by Crippen LogP contribution is 2.34. The summed E-state index contributed by atoms with van der Waals surface area (Å²) >= 11 is 0. The van der Waals surface area contributed by atoms with Crippen LogP contribution in [0.5, 0.6) is 0 Å². The zero-order valence-corrected chi connectivity index (χ0v) is 8.38. The number of hydrogen-bond donors (Lipinski definition) is 1. The lowest BCUT2D eigenvalue weighted by molar-refractivity contribution is -0.124. The highest BCUT2D eigenvalue weighted by molar-refractivity contribution is 5.81. The van der Waals surface area contributed by atoms with Gasteiger partial charge in [-0.25, -0.2) is 0 Å². The Labute approximate surface area is 80.1 Å². The highest BCUT2D eigenvalue weighted by atomic mass is 16.2. The molecule has 2 nitrogen and oxygen atoms in total. The number of rotatable bonds is 1. The molecule has 2 atom stereocenters. The zero-order chi connectivity index (χ0) is 9.26. The Morgan fingerprint density at radius 2 is 1.92 bits per heavy atom. The van der Waals surface area contributed by atoms with Crippen LogP contribution in [-0.4, -0.2) is 11.9 Å². The van der Waals surface area contributed by atoms with Crippen molar-refractivity contribution in [1.29, 1.82) is 0 Å². The van der Waals surface area contributed by atoms with E-state index in [9.17, 15) is 4.79 Å². The molecule has 1 heterocycles. The number of hydrogen-bond acceptors (Lipinski definition) is 1. The molecule has 0 aromatic heterocycles. The molecule has 2 aliphatic rings. The van der Waals surface area contributed by atoms with Crippen molar-refractivity contribution in [3.8, 4) is 0 Å². The van der Waals surface area contributed by atoms with E-state index < -0.39 is 0 Å². The summed E-state index contributed by atoms with van der Waals surface area (Å²) in [5.41, 5.74) is 0. The van der Waals surface area contributed by atoms with E-state index in [0.29, 0.717) is 23.8 Å². The third-order valence-electron chi connectivity index (χ3n) is 3.55. The number of carbonyl (C=O) groups excluding carboxylic acids is 1. The predicted octanol–water partition coefficient (Wildman–Crippen LogP) is 2.09. The van der Waals surface area contributed by atoms with Gasteiger partial charge in [0.05, 0.1) is 0 Å². The van der Waals surface area contributed by atoms with Crippen molar-refractivity contribution >= 4 is 5.91 Å². The van der Waals surface area contributed by atoms with Crippen LogP contribution in [0.3, 0.4) is 0 Å². The van der Waals surface area contributed by atoms with Crippen LogP contribution in [0.4, 0.5) is 0 Å². The van der Waals surface area contributed by atoms with Gasteiger partial charge in [0, 0.05) is 12.0 Å². The van der Waals surface area contributed by atoms with E-state index in [-0.39, 0.29) is 0 Å². The molecule has 1 aliphatic carbocycles. The van der Waals surface area contributed by atoms with Crippen molar-refractivity contribution in [2.24, 2.45) is 11.8 Å². The zero-order valence-electron chi connectivity index (χ0n) is 8.38. The van der Waals surface area contributed by atoms with E-state index in [1.807, 2.05) is 0 Å². The average molecular weight is 181 g/mol. The topological polar surface area (TPSA) is 29.1 Å². The van der Waals surface area contributed by atoms with E-state index in [0.717, 1.165) is 6.42 Å². The molecule has 0 spiro atoms. The molecule has 1 amide bonds. The second kappa shape index (κ2) is 3.69. The molecule has 2 heteroatoms. The Morgan fingerprint density at radius 1 is 1.23 bits per heavy atom. The summed E-state index contributed by atoms with van der Waals surface area (Å²) in [6.45, 7) is 2.11. The quantitative estimate of drug-likeness (QED) is 0.659. The normalized spacial score (nSPS) is 36.2. The molecule has 0 aromatic rings. The molecule has 13 heavy (non-hydrogen) atoms. The first kappa shape index (κ1) is 9.04. The van der Waals surface area contributed by atoms with Crippen molar-refractivity contribution in [2.75, 3.05) is 0 Å². The Bertz CT molecular complexity index is 196. The standard InChI is InChI=1S/C11H19NO/c1-8-7-10(11(13)12-8)9-5-3-2-4-6-9/h8-10H,2-7H2,1H3,(H,12,13). The Hall–Kier alpha value is -0.530. The van der Waals surface area contributed by atoms with Gasteiger partial charge in [0.1, 0.15) is 0 Å². The Balaban J connectivity index is 1.95. The van der Waals surface area contributed by atoms with Crippen LogP contribution < -0.4 is 5.32 Å². The van der Waals surface area contributed by atoms with Crippen LogP contribution in [0.25, 0.3) is 0 Å². The van der Waals surface area contributed by atoms with Gasteiger partial charge in [0.15, 0.2) is 0 Å². The predicted molar refractivity (Wildman–Crippen MR) is 52.3 cm³/mol. The molecule has 1 saturated heterocycles. The molecule has 0 bridgehead atoms. The van der Waals surface area contributed by atoms with E-state index in [1.54, 1.807) is 0 Å². The minimum atomic E-state index is 0.319. The largest absolute Gasteiger partial charge is 0.353 e. The SMILES string of the molecule is CC1CC(C2CCCCC2)C(=O)N1. The van der Waals surface area contributed by atoms with Gasteiger partial charge in [-0.1, -0.05) is 19.3 Å². The van der Waals surface area contributed by atoms with Crippen LogP contribution >= 0.6 is 0 Å². The minimum absolute atomic E-state index is 0.319. The first-order valence-electron chi connectivity index (χ1n) is 5.58. The summed E-state index contributed by atoms with van der Waals surface area (Å²) in [6, 6.07) is 0.416. The van der Waals surface area contributed by atoms with Crippen LogP contribution in [0.1, 0.15) is 45.4 Å². The number of amides is 1. The molecular formula is C11H19NO. The van der Waals surface area contributed by atoms with Crippen molar-refractivity contribution in [3.63, 3.8) is 0 Å². The van der Waals surface area contributed by atoms with Gasteiger partial charge < -0.3 is 5.32 Å². The van der Waals surface area contributed by atoms with Gasteiger partial charge in [-0.05, 0) is 32.1 Å². The van der Waals surface area contributed by atoms with Gasteiger partial charge in [0.2, 0.25) is 5.91 Å². The first-order valence-corrected chi connectivity index (χ1v) is 5.58. The first-order chi connectivity index (χ1) is 6.27. The van der Waals surface area contributed by atoms with Gasteiger partial charge in [-0.2, -0.15) is 0 Å². The third-order valence-corrected chi connectivity index (χ3v) is 3.55. The number of nitrogens with one attached hydrogen (secondary N) is 1. The van der Waals surface area contributed by atoms with Crippen molar-refractivity contribution in [3.05, 3.63) is 0 Å². The molecule has 1 aliphatic heterocycles. The number of carbonyl (C=O) groups is 1. The summed E-state index contributed by atoms with van der Waals surface area (Å²) in [4.78, 5) is 11.6. The summed E-state index contributed by atoms with van der Waals surface area (Å²) < 4.78 is 0. The van der Waals surface area contributed by atoms with Gasteiger partial charge >= 0.3 is 0 Å². The highest BCUT2D eigenvalue weighted by Gasteiger charge is 2.35. The average Bonchev–Trinajstić information content (AvgIpc) is 2.47. The minimum Gasteiger partial charge on any atom is -0.353 e. The van der Waals surface area contributed by atoms with Gasteiger partial charge in [0.25, 0.3) is 0 Å². The van der Waals surface area contributed by atoms with Gasteiger partial charge in [-0.15, -0.1) is 0 Å². The lowest BCUT2D eigenvalue weighted by Gasteiger charge is -2.25. The third kappa shape index (κ3) is 1.87.